The van der Waals surface area contributed by atoms with Gasteiger partial charge in [0.15, 0.2) is 11.5 Å². The molecule has 1 amide bonds. The standard InChI is InChI=1S/C30H51NO3/c1-2-3-4-5-6-7-8-9-10-11-12-13-14-15-16-17-18-19-20-21-30(34)31-25-24-27-22-23-28(32)29(33)26-27/h11-12,22-23,26,32-33H,2-10,13-21,24-25H2,1H3,(H,31,34)/b12-11-. The Bertz CT molecular complexity index is 656. The number of carbonyl (C=O) groups is 1. The second-order valence-corrected chi connectivity index (χ2v) is 9.67. The molecule has 34 heavy (non-hydrogen) atoms. The first kappa shape index (κ1) is 30.1. The number of carbonyl (C=O) groups excluding carboxylic acids is 1. The summed E-state index contributed by atoms with van der Waals surface area (Å²) < 4.78 is 0. The van der Waals surface area contributed by atoms with Crippen LogP contribution in [0.2, 0.25) is 0 Å². The molecule has 0 aliphatic heterocycles. The number of rotatable bonds is 22. The topological polar surface area (TPSA) is 69.6 Å². The van der Waals surface area contributed by atoms with Gasteiger partial charge in [0.2, 0.25) is 5.91 Å². The van der Waals surface area contributed by atoms with Gasteiger partial charge in [0.1, 0.15) is 0 Å². The second kappa shape index (κ2) is 21.6. The molecule has 0 unspecified atom stereocenters. The zero-order valence-electron chi connectivity index (χ0n) is 21.8. The molecule has 1 aromatic carbocycles. The number of unbranched alkanes of at least 4 members (excludes halogenated alkanes) is 15. The first-order chi connectivity index (χ1) is 16.6. The van der Waals surface area contributed by atoms with Crippen LogP contribution in [-0.4, -0.2) is 22.7 Å². The van der Waals surface area contributed by atoms with Crippen molar-refractivity contribution < 1.29 is 15.0 Å². The third-order valence-electron chi connectivity index (χ3n) is 6.44. The fraction of sp³-hybridized carbons (Fsp3) is 0.700. The van der Waals surface area contributed by atoms with Crippen LogP contribution in [0.25, 0.3) is 0 Å². The molecular weight excluding hydrogens is 422 g/mol. The number of amides is 1. The van der Waals surface area contributed by atoms with E-state index in [1.54, 1.807) is 6.07 Å². The van der Waals surface area contributed by atoms with E-state index in [2.05, 4.69) is 24.4 Å². The summed E-state index contributed by atoms with van der Waals surface area (Å²) in [5, 5.41) is 21.7. The van der Waals surface area contributed by atoms with Gasteiger partial charge in [0, 0.05) is 13.0 Å². The molecule has 0 bridgehead atoms. The Morgan fingerprint density at radius 1 is 0.735 bits per heavy atom. The molecule has 0 spiro atoms. The van der Waals surface area contributed by atoms with E-state index in [0.717, 1.165) is 18.4 Å². The Kier molecular flexibility index (Phi) is 19.1. The summed E-state index contributed by atoms with van der Waals surface area (Å²) in [6.45, 7) is 2.83. The van der Waals surface area contributed by atoms with E-state index in [9.17, 15) is 15.0 Å². The molecule has 1 rings (SSSR count). The van der Waals surface area contributed by atoms with Crippen molar-refractivity contribution in [1.29, 1.82) is 0 Å². The van der Waals surface area contributed by atoms with Crippen molar-refractivity contribution in [2.75, 3.05) is 6.54 Å². The van der Waals surface area contributed by atoms with Crippen LogP contribution in [0.3, 0.4) is 0 Å². The third kappa shape index (κ3) is 17.5. The number of phenols is 2. The van der Waals surface area contributed by atoms with Gasteiger partial charge in [-0.1, -0.05) is 102 Å². The molecule has 194 valence electrons. The first-order valence-corrected chi connectivity index (χ1v) is 14.1. The summed E-state index contributed by atoms with van der Waals surface area (Å²) in [6, 6.07) is 4.77. The van der Waals surface area contributed by atoms with Crippen LogP contribution in [0, 0.1) is 0 Å². The van der Waals surface area contributed by atoms with Gasteiger partial charge in [-0.15, -0.1) is 0 Å². The van der Waals surface area contributed by atoms with Crippen LogP contribution >= 0.6 is 0 Å². The lowest BCUT2D eigenvalue weighted by Gasteiger charge is -2.06. The van der Waals surface area contributed by atoms with Gasteiger partial charge < -0.3 is 15.5 Å². The van der Waals surface area contributed by atoms with E-state index < -0.39 is 0 Å². The van der Waals surface area contributed by atoms with Gasteiger partial charge >= 0.3 is 0 Å². The van der Waals surface area contributed by atoms with Crippen molar-refractivity contribution in [2.45, 2.75) is 129 Å². The Morgan fingerprint density at radius 2 is 1.26 bits per heavy atom. The number of allylic oxidation sites excluding steroid dienone is 2. The molecule has 0 saturated heterocycles. The molecule has 0 fully saturated rings. The van der Waals surface area contributed by atoms with Crippen LogP contribution in [0.15, 0.2) is 30.4 Å². The van der Waals surface area contributed by atoms with E-state index in [1.165, 1.54) is 108 Å². The highest BCUT2D eigenvalue weighted by Crippen LogP contribution is 2.24. The van der Waals surface area contributed by atoms with Gasteiger partial charge in [-0.2, -0.15) is 0 Å². The van der Waals surface area contributed by atoms with E-state index in [4.69, 9.17) is 0 Å². The van der Waals surface area contributed by atoms with Crippen molar-refractivity contribution in [3.63, 3.8) is 0 Å². The Balaban J connectivity index is 1.81. The Morgan fingerprint density at radius 3 is 1.82 bits per heavy atom. The molecule has 4 nitrogen and oxygen atoms in total. The summed E-state index contributed by atoms with van der Waals surface area (Å²) in [4.78, 5) is 11.9. The summed E-state index contributed by atoms with van der Waals surface area (Å²) in [5.74, 6) is -0.134. The van der Waals surface area contributed by atoms with Crippen molar-refractivity contribution in [2.24, 2.45) is 0 Å². The summed E-state index contributed by atoms with van der Waals surface area (Å²) in [7, 11) is 0. The molecule has 0 radical (unpaired) electrons. The molecule has 0 aliphatic rings. The smallest absolute Gasteiger partial charge is 0.220 e. The highest BCUT2D eigenvalue weighted by molar-refractivity contribution is 5.75. The predicted molar refractivity (Wildman–Crippen MR) is 144 cm³/mol. The minimum Gasteiger partial charge on any atom is -0.504 e. The molecule has 1 aromatic rings. The van der Waals surface area contributed by atoms with Crippen LogP contribution in [0.4, 0.5) is 0 Å². The fourth-order valence-electron chi connectivity index (χ4n) is 4.22. The molecule has 4 heteroatoms. The quantitative estimate of drug-likeness (QED) is 0.0900. The minimum absolute atomic E-state index is 0.0989. The molecule has 0 atom stereocenters. The summed E-state index contributed by atoms with van der Waals surface area (Å²) in [6.07, 6.45) is 28.1. The maximum Gasteiger partial charge on any atom is 0.220 e. The first-order valence-electron chi connectivity index (χ1n) is 14.1. The number of nitrogens with one attached hydrogen (secondary N) is 1. The molecule has 0 saturated carbocycles. The second-order valence-electron chi connectivity index (χ2n) is 9.67. The van der Waals surface area contributed by atoms with Gasteiger partial charge in [-0.05, 0) is 56.2 Å². The number of benzene rings is 1. The highest BCUT2D eigenvalue weighted by atomic mass is 16.3. The van der Waals surface area contributed by atoms with Crippen molar-refractivity contribution >= 4 is 5.91 Å². The molecule has 0 heterocycles. The normalized spacial score (nSPS) is 11.3. The predicted octanol–water partition coefficient (Wildman–Crippen LogP) is 8.35. The fourth-order valence-corrected chi connectivity index (χ4v) is 4.22. The minimum atomic E-state index is -0.117. The monoisotopic (exact) mass is 473 g/mol. The summed E-state index contributed by atoms with van der Waals surface area (Å²) >= 11 is 0. The van der Waals surface area contributed by atoms with Gasteiger partial charge in [0.05, 0.1) is 0 Å². The van der Waals surface area contributed by atoms with Gasteiger partial charge in [0.25, 0.3) is 0 Å². The zero-order chi connectivity index (χ0) is 24.7. The average molecular weight is 474 g/mol. The molecular formula is C30H51NO3. The number of hydrogen-bond acceptors (Lipinski definition) is 3. The van der Waals surface area contributed by atoms with E-state index in [-0.39, 0.29) is 17.4 Å². The van der Waals surface area contributed by atoms with Crippen LogP contribution in [0.5, 0.6) is 11.5 Å². The summed E-state index contributed by atoms with van der Waals surface area (Å²) in [5.41, 5.74) is 0.898. The highest BCUT2D eigenvalue weighted by Gasteiger charge is 2.03. The van der Waals surface area contributed by atoms with Gasteiger partial charge in [-0.3, -0.25) is 4.79 Å². The van der Waals surface area contributed by atoms with E-state index >= 15 is 0 Å². The van der Waals surface area contributed by atoms with Crippen LogP contribution < -0.4 is 5.32 Å². The van der Waals surface area contributed by atoms with Crippen molar-refractivity contribution in [1.82, 2.24) is 5.32 Å². The average Bonchev–Trinajstić information content (AvgIpc) is 2.83. The maximum atomic E-state index is 11.9. The number of hydrogen-bond donors (Lipinski definition) is 3. The molecule has 3 N–H and O–H groups in total. The van der Waals surface area contributed by atoms with Gasteiger partial charge in [-0.25, -0.2) is 0 Å². The molecule has 0 aromatic heterocycles. The Hall–Kier alpha value is -1.97. The lowest BCUT2D eigenvalue weighted by atomic mass is 10.1. The maximum absolute atomic E-state index is 11.9. The van der Waals surface area contributed by atoms with Crippen molar-refractivity contribution in [3.8, 4) is 11.5 Å². The Labute approximate surface area is 209 Å². The number of aromatic hydroxyl groups is 2. The van der Waals surface area contributed by atoms with E-state index in [0.29, 0.717) is 19.4 Å². The third-order valence-corrected chi connectivity index (χ3v) is 6.44. The molecule has 0 aliphatic carbocycles. The number of phenolic OH excluding ortho intramolecular Hbond substituents is 2. The van der Waals surface area contributed by atoms with Crippen molar-refractivity contribution in [3.05, 3.63) is 35.9 Å². The largest absolute Gasteiger partial charge is 0.504 e. The van der Waals surface area contributed by atoms with Crippen LogP contribution in [0.1, 0.15) is 128 Å². The lowest BCUT2D eigenvalue weighted by molar-refractivity contribution is -0.121. The van der Waals surface area contributed by atoms with E-state index in [1.807, 2.05) is 0 Å². The zero-order valence-corrected chi connectivity index (χ0v) is 21.8. The van der Waals surface area contributed by atoms with Crippen LogP contribution in [-0.2, 0) is 11.2 Å². The SMILES string of the molecule is CCCCCCCCCC/C=C\CCCCCCCCCC(=O)NCCc1ccc(O)c(O)c1. The lowest BCUT2D eigenvalue weighted by Crippen LogP contribution is -2.25.